The zero-order valence-corrected chi connectivity index (χ0v) is 13.0. The van der Waals surface area contributed by atoms with Gasteiger partial charge in [-0.15, -0.1) is 0 Å². The van der Waals surface area contributed by atoms with E-state index in [-0.39, 0.29) is 12.5 Å². The number of aromatic nitrogens is 1. The molecule has 0 unspecified atom stereocenters. The van der Waals surface area contributed by atoms with E-state index < -0.39 is 5.97 Å². The minimum Gasteiger partial charge on any atom is -0.482 e. The van der Waals surface area contributed by atoms with Crippen molar-refractivity contribution in [2.45, 2.75) is 6.42 Å². The number of carbonyl (C=O) groups excluding carboxylic acids is 1. The smallest absolute Gasteiger partial charge is 0.341 e. The Morgan fingerprint density at radius 3 is 2.62 bits per heavy atom. The van der Waals surface area contributed by atoms with E-state index in [9.17, 15) is 9.59 Å². The first-order chi connectivity index (χ1) is 11.6. The first kappa shape index (κ1) is 17.2. The van der Waals surface area contributed by atoms with Gasteiger partial charge in [-0.05, 0) is 35.9 Å². The molecule has 0 saturated heterocycles. The van der Waals surface area contributed by atoms with Gasteiger partial charge in [-0.3, -0.25) is 9.78 Å². The molecule has 24 heavy (non-hydrogen) atoms. The zero-order valence-electron chi connectivity index (χ0n) is 13.0. The minimum absolute atomic E-state index is 0.183. The van der Waals surface area contributed by atoms with Crippen molar-refractivity contribution >= 4 is 18.0 Å². The third-order valence-corrected chi connectivity index (χ3v) is 3.08. The summed E-state index contributed by atoms with van der Waals surface area (Å²) >= 11 is 0. The van der Waals surface area contributed by atoms with E-state index in [2.05, 4.69) is 10.3 Å². The number of nitrogens with zero attached hydrogens (tertiary/aromatic N) is 1. The molecule has 2 rings (SSSR count). The van der Waals surface area contributed by atoms with Crippen LogP contribution in [0.5, 0.6) is 5.75 Å². The maximum atomic E-state index is 11.7. The van der Waals surface area contributed by atoms with Gasteiger partial charge in [0.15, 0.2) is 6.61 Å². The molecule has 0 spiro atoms. The van der Waals surface area contributed by atoms with Crippen LogP contribution in [-0.2, 0) is 16.0 Å². The van der Waals surface area contributed by atoms with Gasteiger partial charge in [0.05, 0.1) is 0 Å². The lowest BCUT2D eigenvalue weighted by molar-refractivity contribution is -0.139. The molecule has 0 aliphatic rings. The van der Waals surface area contributed by atoms with Crippen molar-refractivity contribution in [3.8, 4) is 5.75 Å². The van der Waals surface area contributed by atoms with Gasteiger partial charge >= 0.3 is 5.97 Å². The number of ether oxygens (including phenoxy) is 1. The second kappa shape index (κ2) is 9.09. The van der Waals surface area contributed by atoms with Crippen LogP contribution in [-0.4, -0.2) is 35.1 Å². The van der Waals surface area contributed by atoms with Crippen LogP contribution in [0.25, 0.3) is 6.08 Å². The van der Waals surface area contributed by atoms with E-state index in [0.29, 0.717) is 18.7 Å². The molecule has 0 aliphatic heterocycles. The number of hydrogen-bond acceptors (Lipinski definition) is 4. The Hall–Kier alpha value is -3.15. The van der Waals surface area contributed by atoms with Crippen LogP contribution in [0.2, 0.25) is 0 Å². The van der Waals surface area contributed by atoms with Crippen LogP contribution in [0.1, 0.15) is 11.3 Å². The highest BCUT2D eigenvalue weighted by Gasteiger charge is 1.99. The molecular formula is C18H18N2O4. The van der Waals surface area contributed by atoms with Crippen molar-refractivity contribution in [2.75, 3.05) is 13.2 Å². The standard InChI is InChI=1S/C18H18N2O4/c21-17(20-12-10-15-3-1-2-11-19-15)9-6-14-4-7-16(8-5-14)24-13-18(22)23/h1-9,11H,10,12-13H2,(H,20,21)(H,22,23). The van der Waals surface area contributed by atoms with Crippen molar-refractivity contribution in [3.63, 3.8) is 0 Å². The number of carboxylic acid groups (broad SMARTS) is 1. The highest BCUT2D eigenvalue weighted by atomic mass is 16.5. The molecule has 1 aromatic heterocycles. The van der Waals surface area contributed by atoms with Gasteiger partial charge in [0.2, 0.25) is 5.91 Å². The third kappa shape index (κ3) is 6.31. The summed E-state index contributed by atoms with van der Waals surface area (Å²) in [6, 6.07) is 12.5. The Bertz CT molecular complexity index is 697. The Labute approximate surface area is 139 Å². The number of benzene rings is 1. The number of carbonyl (C=O) groups is 2. The summed E-state index contributed by atoms with van der Waals surface area (Å²) in [6.07, 6.45) is 5.53. The quantitative estimate of drug-likeness (QED) is 0.724. The molecule has 1 heterocycles. The highest BCUT2D eigenvalue weighted by Crippen LogP contribution is 2.13. The van der Waals surface area contributed by atoms with Crippen LogP contribution in [0.15, 0.2) is 54.7 Å². The van der Waals surface area contributed by atoms with E-state index >= 15 is 0 Å². The lowest BCUT2D eigenvalue weighted by Crippen LogP contribution is -2.23. The minimum atomic E-state index is -1.03. The van der Waals surface area contributed by atoms with E-state index in [1.54, 1.807) is 36.5 Å². The molecule has 0 bridgehead atoms. The van der Waals surface area contributed by atoms with Gasteiger partial charge in [0.25, 0.3) is 0 Å². The van der Waals surface area contributed by atoms with E-state index in [4.69, 9.17) is 9.84 Å². The van der Waals surface area contributed by atoms with Crippen LogP contribution < -0.4 is 10.1 Å². The maximum absolute atomic E-state index is 11.7. The number of rotatable bonds is 8. The SMILES string of the molecule is O=C(O)COc1ccc(C=CC(=O)NCCc2ccccn2)cc1. The van der Waals surface area contributed by atoms with Crippen molar-refractivity contribution in [2.24, 2.45) is 0 Å². The van der Waals surface area contributed by atoms with Crippen molar-refractivity contribution in [1.29, 1.82) is 0 Å². The first-order valence-electron chi connectivity index (χ1n) is 7.44. The molecule has 1 amide bonds. The van der Waals surface area contributed by atoms with Gasteiger partial charge in [0.1, 0.15) is 5.75 Å². The van der Waals surface area contributed by atoms with Crippen LogP contribution in [0.4, 0.5) is 0 Å². The number of pyridine rings is 1. The highest BCUT2D eigenvalue weighted by molar-refractivity contribution is 5.91. The molecule has 0 fully saturated rings. The van der Waals surface area contributed by atoms with Gasteiger partial charge in [0, 0.05) is 30.9 Å². The number of aliphatic carboxylic acids is 1. The van der Waals surface area contributed by atoms with Crippen LogP contribution in [0.3, 0.4) is 0 Å². The molecular weight excluding hydrogens is 308 g/mol. The summed E-state index contributed by atoms with van der Waals surface area (Å²) in [5.41, 5.74) is 1.75. The van der Waals surface area contributed by atoms with Gasteiger partial charge in [-0.1, -0.05) is 18.2 Å². The number of carboxylic acids is 1. The van der Waals surface area contributed by atoms with E-state index in [0.717, 1.165) is 11.3 Å². The zero-order chi connectivity index (χ0) is 17.2. The largest absolute Gasteiger partial charge is 0.482 e. The summed E-state index contributed by atoms with van der Waals surface area (Å²) in [4.78, 5) is 26.3. The number of nitrogens with one attached hydrogen (secondary N) is 1. The Kier molecular flexibility index (Phi) is 6.52. The number of hydrogen-bond donors (Lipinski definition) is 2. The summed E-state index contributed by atoms with van der Waals surface area (Å²) in [5, 5.41) is 11.3. The molecule has 1 aromatic carbocycles. The fourth-order valence-corrected chi connectivity index (χ4v) is 1.91. The lowest BCUT2D eigenvalue weighted by Gasteiger charge is -2.03. The number of amides is 1. The summed E-state index contributed by atoms with van der Waals surface area (Å²) < 4.78 is 5.03. The van der Waals surface area contributed by atoms with Crippen LogP contribution >= 0.6 is 0 Å². The third-order valence-electron chi connectivity index (χ3n) is 3.08. The van der Waals surface area contributed by atoms with Gasteiger partial charge < -0.3 is 15.2 Å². The summed E-state index contributed by atoms with van der Waals surface area (Å²) in [5.74, 6) is -0.743. The maximum Gasteiger partial charge on any atom is 0.341 e. The van der Waals surface area contributed by atoms with Gasteiger partial charge in [-0.25, -0.2) is 4.79 Å². The fraction of sp³-hybridized carbons (Fsp3) is 0.167. The second-order valence-electron chi connectivity index (χ2n) is 4.95. The topological polar surface area (TPSA) is 88.5 Å². The Morgan fingerprint density at radius 1 is 1.17 bits per heavy atom. The second-order valence-corrected chi connectivity index (χ2v) is 4.95. The molecule has 0 atom stereocenters. The Balaban J connectivity index is 1.75. The molecule has 124 valence electrons. The predicted molar refractivity (Wildman–Crippen MR) is 89.6 cm³/mol. The fourth-order valence-electron chi connectivity index (χ4n) is 1.91. The molecule has 2 aromatic rings. The van der Waals surface area contributed by atoms with Crippen molar-refractivity contribution in [1.82, 2.24) is 10.3 Å². The average Bonchev–Trinajstić information content (AvgIpc) is 2.60. The molecule has 6 nitrogen and oxygen atoms in total. The monoisotopic (exact) mass is 326 g/mol. The van der Waals surface area contributed by atoms with Crippen molar-refractivity contribution < 1.29 is 19.4 Å². The molecule has 0 radical (unpaired) electrons. The summed E-state index contributed by atoms with van der Waals surface area (Å²) in [7, 11) is 0. The van der Waals surface area contributed by atoms with Gasteiger partial charge in [-0.2, -0.15) is 0 Å². The van der Waals surface area contributed by atoms with E-state index in [1.165, 1.54) is 6.08 Å². The van der Waals surface area contributed by atoms with Crippen molar-refractivity contribution in [3.05, 3.63) is 66.0 Å². The molecule has 0 saturated carbocycles. The Morgan fingerprint density at radius 2 is 1.96 bits per heavy atom. The predicted octanol–water partition coefficient (Wildman–Crippen LogP) is 1.92. The first-order valence-corrected chi connectivity index (χ1v) is 7.44. The van der Waals surface area contributed by atoms with E-state index in [1.807, 2.05) is 18.2 Å². The summed E-state index contributed by atoms with van der Waals surface area (Å²) in [6.45, 7) is 0.135. The molecule has 2 N–H and O–H groups in total. The lowest BCUT2D eigenvalue weighted by atomic mass is 10.2. The molecule has 6 heteroatoms. The average molecular weight is 326 g/mol. The molecule has 0 aliphatic carbocycles. The normalized spacial score (nSPS) is 10.5. The van der Waals surface area contributed by atoms with Crippen LogP contribution in [0, 0.1) is 0 Å².